The Kier molecular flexibility index (Phi) is 7.94. The van der Waals surface area contributed by atoms with E-state index in [0.29, 0.717) is 0 Å². The number of ether oxygens (including phenoxy) is 1. The van der Waals surface area contributed by atoms with Crippen molar-refractivity contribution in [2.24, 2.45) is 0 Å². The quantitative estimate of drug-likeness (QED) is 0.282. The van der Waals surface area contributed by atoms with Crippen molar-refractivity contribution in [3.8, 4) is 11.1 Å². The first-order valence-electron chi connectivity index (χ1n) is 11.7. The Morgan fingerprint density at radius 2 is 1.42 bits per heavy atom. The number of Topliss-reactive ketones (excluding diaryl/α,β-unsaturated/α-hetero) is 2. The molecule has 3 aromatic rings. The molecule has 0 radical (unpaired) electrons. The summed E-state index contributed by atoms with van der Waals surface area (Å²) in [7, 11) is 0. The third kappa shape index (κ3) is 5.92. The zero-order chi connectivity index (χ0) is 27.4. The molecule has 2 atom stereocenters. The molecule has 0 bridgehead atoms. The molecular weight excluding hydrogens is 503 g/mol. The minimum Gasteiger partial charge on any atom is -0.449 e. The number of amides is 1. The molecule has 0 aliphatic heterocycles. The standard InChI is InChI=1S/C28H24F3NO6/c29-28(30,31)25(35)13-23(33)16-9-11-17(12-10-16)26(36)24(34)14-32-27(37)38-15-22-20-7-3-1-5-18(20)19-6-2-4-8-21(19)22/h1-12,22,24,26,34,36H,13-15H2,(H,32,37). The van der Waals surface area contributed by atoms with E-state index in [0.717, 1.165) is 34.4 Å². The number of ketones is 2. The van der Waals surface area contributed by atoms with E-state index < -0.39 is 42.5 Å². The summed E-state index contributed by atoms with van der Waals surface area (Å²) in [5.41, 5.74) is 4.25. The fraction of sp³-hybridized carbons (Fsp3) is 0.250. The second-order valence-corrected chi connectivity index (χ2v) is 8.86. The topological polar surface area (TPSA) is 113 Å². The molecule has 10 heteroatoms. The number of alkyl halides is 3. The molecule has 0 fully saturated rings. The van der Waals surface area contributed by atoms with Crippen LogP contribution in [0, 0.1) is 0 Å². The lowest BCUT2D eigenvalue weighted by Gasteiger charge is -2.19. The van der Waals surface area contributed by atoms with Gasteiger partial charge in [-0.3, -0.25) is 9.59 Å². The van der Waals surface area contributed by atoms with Gasteiger partial charge in [0.15, 0.2) is 5.78 Å². The highest BCUT2D eigenvalue weighted by molar-refractivity contribution is 6.09. The fourth-order valence-corrected chi connectivity index (χ4v) is 4.39. The lowest BCUT2D eigenvalue weighted by molar-refractivity contribution is -0.170. The van der Waals surface area contributed by atoms with Gasteiger partial charge in [0.2, 0.25) is 5.78 Å². The van der Waals surface area contributed by atoms with Gasteiger partial charge in [-0.1, -0.05) is 72.8 Å². The van der Waals surface area contributed by atoms with Crippen molar-refractivity contribution >= 4 is 17.7 Å². The first kappa shape index (κ1) is 27.0. The minimum absolute atomic E-state index is 0.0742. The van der Waals surface area contributed by atoms with Crippen molar-refractivity contribution in [3.63, 3.8) is 0 Å². The van der Waals surface area contributed by atoms with E-state index in [1.54, 1.807) is 0 Å². The Balaban J connectivity index is 1.28. The number of alkyl carbamates (subject to hydrolysis) is 1. The maximum Gasteiger partial charge on any atom is 0.450 e. The molecule has 1 amide bonds. The highest BCUT2D eigenvalue weighted by Gasteiger charge is 2.39. The summed E-state index contributed by atoms with van der Waals surface area (Å²) < 4.78 is 42.5. The number of carbonyl (C=O) groups excluding carboxylic acids is 3. The first-order chi connectivity index (χ1) is 18.1. The molecule has 0 aromatic heterocycles. The van der Waals surface area contributed by atoms with Crippen LogP contribution < -0.4 is 5.32 Å². The van der Waals surface area contributed by atoms with Crippen molar-refractivity contribution < 1.29 is 42.5 Å². The third-order valence-electron chi connectivity index (χ3n) is 6.38. The maximum absolute atomic E-state index is 12.4. The molecule has 2 unspecified atom stereocenters. The van der Waals surface area contributed by atoms with Crippen LogP contribution in [-0.4, -0.2) is 53.3 Å². The van der Waals surface area contributed by atoms with Gasteiger partial charge in [-0.15, -0.1) is 0 Å². The third-order valence-corrected chi connectivity index (χ3v) is 6.38. The Morgan fingerprint density at radius 1 is 0.868 bits per heavy atom. The van der Waals surface area contributed by atoms with E-state index in [2.05, 4.69) is 5.32 Å². The Bertz CT molecular complexity index is 1290. The number of hydrogen-bond acceptors (Lipinski definition) is 6. The zero-order valence-corrected chi connectivity index (χ0v) is 19.9. The van der Waals surface area contributed by atoms with Gasteiger partial charge in [-0.25, -0.2) is 4.79 Å². The molecule has 1 aliphatic carbocycles. The molecule has 7 nitrogen and oxygen atoms in total. The molecular formula is C28H24F3NO6. The van der Waals surface area contributed by atoms with E-state index in [-0.39, 0.29) is 30.2 Å². The number of hydrogen-bond donors (Lipinski definition) is 3. The lowest BCUT2D eigenvalue weighted by atomic mass is 9.98. The van der Waals surface area contributed by atoms with Gasteiger partial charge in [0, 0.05) is 18.0 Å². The summed E-state index contributed by atoms with van der Waals surface area (Å²) in [4.78, 5) is 35.2. The number of rotatable bonds is 9. The van der Waals surface area contributed by atoms with Crippen molar-refractivity contribution in [1.82, 2.24) is 5.32 Å². The number of nitrogens with one attached hydrogen (secondary N) is 1. The summed E-state index contributed by atoms with van der Waals surface area (Å²) in [6, 6.07) is 20.5. The van der Waals surface area contributed by atoms with Crippen LogP contribution in [0.1, 0.15) is 45.5 Å². The van der Waals surface area contributed by atoms with Crippen LogP contribution in [0.2, 0.25) is 0 Å². The van der Waals surface area contributed by atoms with Crippen molar-refractivity contribution in [2.45, 2.75) is 30.7 Å². The second-order valence-electron chi connectivity index (χ2n) is 8.86. The lowest BCUT2D eigenvalue weighted by Crippen LogP contribution is -2.36. The first-order valence-corrected chi connectivity index (χ1v) is 11.7. The molecule has 38 heavy (non-hydrogen) atoms. The highest BCUT2D eigenvalue weighted by Crippen LogP contribution is 2.44. The fourth-order valence-electron chi connectivity index (χ4n) is 4.39. The van der Waals surface area contributed by atoms with E-state index >= 15 is 0 Å². The molecule has 3 aromatic carbocycles. The molecule has 0 saturated heterocycles. The van der Waals surface area contributed by atoms with Gasteiger partial charge >= 0.3 is 12.3 Å². The zero-order valence-electron chi connectivity index (χ0n) is 19.9. The van der Waals surface area contributed by atoms with Gasteiger partial charge in [0.25, 0.3) is 0 Å². The number of aliphatic hydroxyl groups excluding tert-OH is 2. The van der Waals surface area contributed by atoms with Gasteiger partial charge in [-0.2, -0.15) is 13.2 Å². The maximum atomic E-state index is 12.4. The van der Waals surface area contributed by atoms with Crippen molar-refractivity contribution in [3.05, 3.63) is 95.1 Å². The largest absolute Gasteiger partial charge is 0.450 e. The van der Waals surface area contributed by atoms with Crippen LogP contribution in [0.25, 0.3) is 11.1 Å². The summed E-state index contributed by atoms with van der Waals surface area (Å²) in [5.74, 6) is -3.32. The highest BCUT2D eigenvalue weighted by atomic mass is 19.4. The number of aliphatic hydroxyl groups is 2. The molecule has 4 rings (SSSR count). The van der Waals surface area contributed by atoms with Crippen molar-refractivity contribution in [2.75, 3.05) is 13.2 Å². The van der Waals surface area contributed by atoms with Crippen molar-refractivity contribution in [1.29, 1.82) is 0 Å². The molecule has 0 spiro atoms. The van der Waals surface area contributed by atoms with Crippen LogP contribution in [0.3, 0.4) is 0 Å². The van der Waals surface area contributed by atoms with Crippen LogP contribution in [0.5, 0.6) is 0 Å². The molecule has 0 heterocycles. The van der Waals surface area contributed by atoms with Gasteiger partial charge in [0.05, 0.1) is 6.42 Å². The van der Waals surface area contributed by atoms with Crippen LogP contribution in [-0.2, 0) is 9.53 Å². The SMILES string of the molecule is O=C(NCC(O)C(O)c1ccc(C(=O)CC(=O)C(F)(F)F)cc1)OCC1c2ccccc2-c2ccccc21. The smallest absolute Gasteiger partial charge is 0.449 e. The van der Waals surface area contributed by atoms with Crippen LogP contribution >= 0.6 is 0 Å². The Morgan fingerprint density at radius 3 is 1.97 bits per heavy atom. The second kappa shape index (κ2) is 11.2. The number of halogens is 3. The van der Waals surface area contributed by atoms with Gasteiger partial charge < -0.3 is 20.3 Å². The number of benzene rings is 3. The van der Waals surface area contributed by atoms with Crippen LogP contribution in [0.4, 0.5) is 18.0 Å². The van der Waals surface area contributed by atoms with Crippen LogP contribution in [0.15, 0.2) is 72.8 Å². The summed E-state index contributed by atoms with van der Waals surface area (Å²) in [6.07, 6.45) is -10.1. The average Bonchev–Trinajstić information content (AvgIpc) is 3.23. The van der Waals surface area contributed by atoms with E-state index in [1.165, 1.54) is 12.1 Å². The predicted octanol–water partition coefficient (Wildman–Crippen LogP) is 4.32. The Hall–Kier alpha value is -4.02. The van der Waals surface area contributed by atoms with E-state index in [4.69, 9.17) is 4.74 Å². The number of fused-ring (bicyclic) bond motifs is 3. The number of carbonyl (C=O) groups is 3. The van der Waals surface area contributed by atoms with Gasteiger partial charge in [-0.05, 0) is 27.8 Å². The van der Waals surface area contributed by atoms with Gasteiger partial charge in [0.1, 0.15) is 18.8 Å². The molecule has 198 valence electrons. The summed E-state index contributed by atoms with van der Waals surface area (Å²) in [6.45, 7) is -0.274. The minimum atomic E-state index is -5.10. The molecule has 0 saturated carbocycles. The van der Waals surface area contributed by atoms with E-state index in [9.17, 15) is 37.8 Å². The predicted molar refractivity (Wildman–Crippen MR) is 130 cm³/mol. The molecule has 1 aliphatic rings. The summed E-state index contributed by atoms with van der Waals surface area (Å²) in [5, 5.41) is 23.1. The Labute approximate surface area is 215 Å². The average molecular weight is 527 g/mol. The molecule has 3 N–H and O–H groups in total. The van der Waals surface area contributed by atoms with E-state index in [1.807, 2.05) is 48.5 Å². The monoisotopic (exact) mass is 527 g/mol. The summed E-state index contributed by atoms with van der Waals surface area (Å²) >= 11 is 0. The normalized spacial score (nSPS) is 14.2.